The third kappa shape index (κ3) is 4.88. The zero-order chi connectivity index (χ0) is 21.6. The molecule has 2 heterocycles. The van der Waals surface area contributed by atoms with E-state index in [1.165, 1.54) is 0 Å². The molecule has 0 atom stereocenters. The van der Waals surface area contributed by atoms with E-state index in [0.29, 0.717) is 37.1 Å². The minimum absolute atomic E-state index is 0.0440. The van der Waals surface area contributed by atoms with Crippen LogP contribution in [-0.2, 0) is 6.54 Å². The average molecular weight is 417 g/mol. The van der Waals surface area contributed by atoms with Gasteiger partial charge in [0.15, 0.2) is 11.5 Å². The second-order valence-corrected chi connectivity index (χ2v) is 7.90. The van der Waals surface area contributed by atoms with Crippen molar-refractivity contribution in [1.29, 1.82) is 0 Å². The van der Waals surface area contributed by atoms with Crippen LogP contribution in [0.25, 0.3) is 0 Å². The molecular formula is C26H28N2O3. The second kappa shape index (κ2) is 9.65. The van der Waals surface area contributed by atoms with Gasteiger partial charge >= 0.3 is 0 Å². The highest BCUT2D eigenvalue weighted by atomic mass is 16.5. The Morgan fingerprint density at radius 1 is 0.935 bits per heavy atom. The maximum absolute atomic E-state index is 13.5. The number of carbonyl (C=O) groups is 1. The number of para-hydroxylation sites is 2. The first-order valence-electron chi connectivity index (χ1n) is 10.8. The molecule has 0 saturated heterocycles. The maximum atomic E-state index is 13.5. The summed E-state index contributed by atoms with van der Waals surface area (Å²) in [6, 6.07) is 17.4. The molecule has 0 radical (unpaired) electrons. The smallest absolute Gasteiger partial charge is 0.254 e. The molecule has 3 aromatic rings. The Bertz CT molecular complexity index is 1060. The number of benzene rings is 2. The highest BCUT2D eigenvalue weighted by Gasteiger charge is 2.21. The fourth-order valence-corrected chi connectivity index (χ4v) is 3.77. The van der Waals surface area contributed by atoms with Crippen molar-refractivity contribution in [2.75, 3.05) is 13.2 Å². The van der Waals surface area contributed by atoms with Crippen molar-refractivity contribution in [3.63, 3.8) is 0 Å². The standard InChI is InChI=1S/C26H28N2O3/c1-19-10-8-12-22(20(19)2)26(29)28-16-6-3-7-17-30-23-13-4-5-14-24(23)31-25-21(18-28)11-9-15-27-25/h4-5,8-15H,3,6-7,16-18H2,1-2H3. The molecule has 5 nitrogen and oxygen atoms in total. The van der Waals surface area contributed by atoms with Crippen LogP contribution in [0.5, 0.6) is 17.4 Å². The zero-order valence-corrected chi connectivity index (χ0v) is 18.1. The van der Waals surface area contributed by atoms with Crippen molar-refractivity contribution in [1.82, 2.24) is 9.88 Å². The number of ether oxygens (including phenoxy) is 2. The number of carbonyl (C=O) groups excluding carboxylic acids is 1. The largest absolute Gasteiger partial charge is 0.490 e. The van der Waals surface area contributed by atoms with E-state index in [9.17, 15) is 4.79 Å². The van der Waals surface area contributed by atoms with E-state index >= 15 is 0 Å². The Hall–Kier alpha value is -3.34. The molecule has 0 spiro atoms. The highest BCUT2D eigenvalue weighted by molar-refractivity contribution is 5.96. The Morgan fingerprint density at radius 2 is 1.77 bits per heavy atom. The lowest BCUT2D eigenvalue weighted by Crippen LogP contribution is -2.32. The molecule has 0 bridgehead atoms. The molecule has 2 aromatic carbocycles. The Morgan fingerprint density at radius 3 is 2.65 bits per heavy atom. The van der Waals surface area contributed by atoms with Crippen LogP contribution in [0.2, 0.25) is 0 Å². The van der Waals surface area contributed by atoms with Crippen LogP contribution >= 0.6 is 0 Å². The number of nitrogens with zero attached hydrogens (tertiary/aromatic N) is 2. The van der Waals surface area contributed by atoms with Gasteiger partial charge in [0.25, 0.3) is 5.91 Å². The molecule has 1 amide bonds. The van der Waals surface area contributed by atoms with E-state index in [-0.39, 0.29) is 5.91 Å². The van der Waals surface area contributed by atoms with Crippen molar-refractivity contribution in [3.8, 4) is 17.4 Å². The average Bonchev–Trinajstić information content (AvgIpc) is 2.80. The highest BCUT2D eigenvalue weighted by Crippen LogP contribution is 2.33. The molecule has 0 fully saturated rings. The first-order chi connectivity index (χ1) is 15.1. The lowest BCUT2D eigenvalue weighted by molar-refractivity contribution is 0.0738. The third-order valence-electron chi connectivity index (χ3n) is 5.72. The molecule has 4 rings (SSSR count). The second-order valence-electron chi connectivity index (χ2n) is 7.90. The normalized spacial score (nSPS) is 14.6. The molecule has 1 aliphatic rings. The SMILES string of the molecule is Cc1cccc(C(=O)N2CCCCCOc3ccccc3Oc3ncccc3C2)c1C. The summed E-state index contributed by atoms with van der Waals surface area (Å²) in [6.45, 7) is 5.78. The molecule has 0 aliphatic carbocycles. The fraction of sp³-hybridized carbons (Fsp3) is 0.308. The van der Waals surface area contributed by atoms with Crippen molar-refractivity contribution in [3.05, 3.63) is 83.0 Å². The molecule has 5 heteroatoms. The summed E-state index contributed by atoms with van der Waals surface area (Å²) >= 11 is 0. The number of rotatable bonds is 1. The van der Waals surface area contributed by atoms with Gasteiger partial charge in [-0.2, -0.15) is 0 Å². The molecule has 1 aromatic heterocycles. The van der Waals surface area contributed by atoms with Crippen molar-refractivity contribution in [2.45, 2.75) is 39.7 Å². The van der Waals surface area contributed by atoms with Crippen LogP contribution in [0.3, 0.4) is 0 Å². The van der Waals surface area contributed by atoms with E-state index in [1.807, 2.05) is 73.3 Å². The fourth-order valence-electron chi connectivity index (χ4n) is 3.77. The molecule has 0 N–H and O–H groups in total. The summed E-state index contributed by atoms with van der Waals surface area (Å²) in [5.41, 5.74) is 3.77. The third-order valence-corrected chi connectivity index (χ3v) is 5.72. The van der Waals surface area contributed by atoms with Crippen LogP contribution in [-0.4, -0.2) is 28.9 Å². The summed E-state index contributed by atoms with van der Waals surface area (Å²) in [5, 5.41) is 0. The van der Waals surface area contributed by atoms with Crippen LogP contribution in [0.1, 0.15) is 46.3 Å². The van der Waals surface area contributed by atoms with E-state index in [0.717, 1.165) is 41.5 Å². The maximum Gasteiger partial charge on any atom is 0.254 e. The van der Waals surface area contributed by atoms with Gasteiger partial charge in [0.2, 0.25) is 5.88 Å². The summed E-state index contributed by atoms with van der Waals surface area (Å²) in [4.78, 5) is 19.9. The molecule has 160 valence electrons. The number of hydrogen-bond acceptors (Lipinski definition) is 4. The first-order valence-corrected chi connectivity index (χ1v) is 10.8. The summed E-state index contributed by atoms with van der Waals surface area (Å²) in [5.74, 6) is 1.88. The molecular weight excluding hydrogens is 388 g/mol. The van der Waals surface area contributed by atoms with Gasteiger partial charge in [0.05, 0.1) is 13.2 Å². The summed E-state index contributed by atoms with van der Waals surface area (Å²) < 4.78 is 12.1. The van der Waals surface area contributed by atoms with E-state index in [2.05, 4.69) is 4.98 Å². The molecule has 0 saturated carbocycles. The van der Waals surface area contributed by atoms with Crippen LogP contribution in [0, 0.1) is 13.8 Å². The van der Waals surface area contributed by atoms with Gasteiger partial charge in [-0.15, -0.1) is 0 Å². The summed E-state index contributed by atoms with van der Waals surface area (Å²) in [7, 11) is 0. The van der Waals surface area contributed by atoms with Gasteiger partial charge in [-0.1, -0.05) is 30.3 Å². The predicted octanol–water partition coefficient (Wildman–Crippen LogP) is 5.70. The van der Waals surface area contributed by atoms with E-state index in [4.69, 9.17) is 9.47 Å². The van der Waals surface area contributed by atoms with Crippen molar-refractivity contribution >= 4 is 5.91 Å². The minimum atomic E-state index is 0.0440. The summed E-state index contributed by atoms with van der Waals surface area (Å²) in [6.07, 6.45) is 4.53. The van der Waals surface area contributed by atoms with Crippen LogP contribution in [0.15, 0.2) is 60.8 Å². The number of aryl methyl sites for hydroxylation is 1. The lowest BCUT2D eigenvalue weighted by Gasteiger charge is -2.25. The zero-order valence-electron chi connectivity index (χ0n) is 18.1. The van der Waals surface area contributed by atoms with E-state index in [1.54, 1.807) is 6.20 Å². The van der Waals surface area contributed by atoms with Gasteiger partial charge in [0, 0.05) is 23.9 Å². The van der Waals surface area contributed by atoms with Crippen LogP contribution < -0.4 is 9.47 Å². The van der Waals surface area contributed by atoms with Gasteiger partial charge in [0.1, 0.15) is 0 Å². The van der Waals surface area contributed by atoms with Gasteiger partial charge < -0.3 is 14.4 Å². The van der Waals surface area contributed by atoms with Crippen molar-refractivity contribution < 1.29 is 14.3 Å². The quantitative estimate of drug-likeness (QED) is 0.511. The van der Waals surface area contributed by atoms with Gasteiger partial charge in [-0.3, -0.25) is 4.79 Å². The lowest BCUT2D eigenvalue weighted by atomic mass is 10.0. The first kappa shape index (κ1) is 20.9. The Balaban J connectivity index is 1.68. The Kier molecular flexibility index (Phi) is 6.51. The minimum Gasteiger partial charge on any atom is -0.490 e. The number of amides is 1. The van der Waals surface area contributed by atoms with Gasteiger partial charge in [-0.05, 0) is 68.5 Å². The number of pyridine rings is 1. The number of aromatic nitrogens is 1. The topological polar surface area (TPSA) is 51.7 Å². The monoisotopic (exact) mass is 416 g/mol. The molecule has 0 unspecified atom stereocenters. The Labute approximate surface area is 183 Å². The number of fused-ring (bicyclic) bond motifs is 2. The van der Waals surface area contributed by atoms with E-state index < -0.39 is 0 Å². The number of hydrogen-bond donors (Lipinski definition) is 0. The van der Waals surface area contributed by atoms with Gasteiger partial charge in [-0.25, -0.2) is 4.98 Å². The molecule has 31 heavy (non-hydrogen) atoms. The van der Waals surface area contributed by atoms with Crippen LogP contribution in [0.4, 0.5) is 0 Å². The predicted molar refractivity (Wildman–Crippen MR) is 121 cm³/mol. The molecule has 1 aliphatic heterocycles. The van der Waals surface area contributed by atoms with Crippen molar-refractivity contribution in [2.24, 2.45) is 0 Å².